The monoisotopic (exact) mass is 417 g/mol. The minimum Gasteiger partial charge on any atom is -0.324 e. The van der Waals surface area contributed by atoms with Crippen molar-refractivity contribution in [3.8, 4) is 10.4 Å². The van der Waals surface area contributed by atoms with E-state index in [0.29, 0.717) is 10.2 Å². The summed E-state index contributed by atoms with van der Waals surface area (Å²) in [7, 11) is 0. The van der Waals surface area contributed by atoms with E-state index < -0.39 is 0 Å². The summed E-state index contributed by atoms with van der Waals surface area (Å²) in [6, 6.07) is 14.0. The highest BCUT2D eigenvalue weighted by Crippen LogP contribution is 2.35. The van der Waals surface area contributed by atoms with Crippen LogP contribution in [0.15, 0.2) is 53.6 Å². The molecule has 0 aliphatic rings. The first-order valence-electron chi connectivity index (χ1n) is 9.77. The minimum atomic E-state index is -0.246. The lowest BCUT2D eigenvalue weighted by Gasteiger charge is -2.13. The summed E-state index contributed by atoms with van der Waals surface area (Å²) < 4.78 is 1.38. The van der Waals surface area contributed by atoms with Crippen molar-refractivity contribution in [3.05, 3.63) is 81.4 Å². The maximum Gasteiger partial charge on any atom is 0.262 e. The van der Waals surface area contributed by atoms with Crippen molar-refractivity contribution >= 4 is 33.1 Å². The lowest BCUT2D eigenvalue weighted by molar-refractivity contribution is -0.116. The summed E-state index contributed by atoms with van der Waals surface area (Å²) in [5.41, 5.74) is 5.72. The largest absolute Gasteiger partial charge is 0.324 e. The van der Waals surface area contributed by atoms with Gasteiger partial charge in [0, 0.05) is 10.6 Å². The number of amides is 1. The molecular formula is C24H23N3O2S. The molecule has 30 heavy (non-hydrogen) atoms. The zero-order chi connectivity index (χ0) is 21.4. The molecule has 1 N–H and O–H groups in total. The molecule has 5 nitrogen and oxygen atoms in total. The van der Waals surface area contributed by atoms with Gasteiger partial charge in [0.25, 0.3) is 5.56 Å². The topological polar surface area (TPSA) is 64.0 Å². The predicted octanol–water partition coefficient (Wildman–Crippen LogP) is 5.00. The molecule has 4 aromatic rings. The van der Waals surface area contributed by atoms with Gasteiger partial charge in [0.1, 0.15) is 11.4 Å². The molecule has 0 unspecified atom stereocenters. The van der Waals surface area contributed by atoms with Crippen LogP contribution >= 0.6 is 11.3 Å². The number of carbonyl (C=O) groups is 1. The number of anilines is 1. The highest BCUT2D eigenvalue weighted by atomic mass is 32.1. The second-order valence-corrected chi connectivity index (χ2v) is 8.60. The van der Waals surface area contributed by atoms with Crippen molar-refractivity contribution < 1.29 is 4.79 Å². The lowest BCUT2D eigenvalue weighted by Crippen LogP contribution is -2.28. The summed E-state index contributed by atoms with van der Waals surface area (Å²) in [5, 5.41) is 3.53. The lowest BCUT2D eigenvalue weighted by atomic mass is 10.1. The van der Waals surface area contributed by atoms with Crippen LogP contribution in [0.1, 0.15) is 22.3 Å². The Morgan fingerprint density at radius 3 is 2.40 bits per heavy atom. The molecule has 0 atom stereocenters. The van der Waals surface area contributed by atoms with Crippen molar-refractivity contribution in [2.45, 2.75) is 34.2 Å². The molecule has 2 aromatic carbocycles. The van der Waals surface area contributed by atoms with Gasteiger partial charge in [-0.05, 0) is 49.9 Å². The number of hydrogen-bond donors (Lipinski definition) is 1. The molecule has 2 heterocycles. The highest BCUT2D eigenvalue weighted by Gasteiger charge is 2.17. The fourth-order valence-corrected chi connectivity index (χ4v) is 4.99. The van der Waals surface area contributed by atoms with Crippen molar-refractivity contribution in [1.29, 1.82) is 0 Å². The van der Waals surface area contributed by atoms with E-state index in [1.54, 1.807) is 0 Å². The van der Waals surface area contributed by atoms with Gasteiger partial charge in [0.2, 0.25) is 5.91 Å². The number of fused-ring (bicyclic) bond motifs is 1. The van der Waals surface area contributed by atoms with E-state index in [-0.39, 0.29) is 18.0 Å². The van der Waals surface area contributed by atoms with E-state index >= 15 is 0 Å². The predicted molar refractivity (Wildman–Crippen MR) is 123 cm³/mol. The molecule has 4 rings (SSSR count). The second kappa shape index (κ2) is 7.88. The normalized spacial score (nSPS) is 11.1. The van der Waals surface area contributed by atoms with Gasteiger partial charge in [0.05, 0.1) is 11.7 Å². The third-order valence-corrected chi connectivity index (χ3v) is 6.46. The molecule has 0 radical (unpaired) electrons. The first-order valence-corrected chi connectivity index (χ1v) is 10.6. The Morgan fingerprint density at radius 2 is 1.73 bits per heavy atom. The number of rotatable bonds is 4. The van der Waals surface area contributed by atoms with E-state index in [1.165, 1.54) is 22.2 Å². The third-order valence-electron chi connectivity index (χ3n) is 5.21. The molecule has 0 fully saturated rings. The quantitative estimate of drug-likeness (QED) is 0.508. The maximum absolute atomic E-state index is 13.1. The molecule has 0 aliphatic carbocycles. The van der Waals surface area contributed by atoms with Crippen LogP contribution in [0.5, 0.6) is 0 Å². The van der Waals surface area contributed by atoms with Gasteiger partial charge in [0.15, 0.2) is 0 Å². The Morgan fingerprint density at radius 1 is 1.07 bits per heavy atom. The van der Waals surface area contributed by atoms with E-state index in [4.69, 9.17) is 0 Å². The van der Waals surface area contributed by atoms with Gasteiger partial charge in [-0.2, -0.15) is 0 Å². The fraction of sp³-hybridized carbons (Fsp3) is 0.208. The number of hydrogen-bond acceptors (Lipinski definition) is 4. The number of nitrogens with zero attached hydrogens (tertiary/aromatic N) is 2. The van der Waals surface area contributed by atoms with Gasteiger partial charge in [-0.1, -0.05) is 48.0 Å². The second-order valence-electron chi connectivity index (χ2n) is 7.60. The SMILES string of the molecule is Cc1cc(C)c(NC(=O)Cn2cnc3sc(-c4ccccc4)c(C)c3c2=O)c(C)c1. The number of aryl methyl sites for hydroxylation is 4. The molecule has 6 heteroatoms. The summed E-state index contributed by atoms with van der Waals surface area (Å²) in [5.74, 6) is -0.246. The molecule has 2 aromatic heterocycles. The van der Waals surface area contributed by atoms with Gasteiger partial charge >= 0.3 is 0 Å². The van der Waals surface area contributed by atoms with E-state index in [0.717, 1.165) is 38.4 Å². The standard InChI is InChI=1S/C24H23N3O2S/c1-14-10-15(2)21(16(3)11-14)26-19(28)12-27-13-25-23-20(24(27)29)17(4)22(30-23)18-8-6-5-7-9-18/h5-11,13H,12H2,1-4H3,(H,26,28). The minimum absolute atomic E-state index is 0.0789. The number of aromatic nitrogens is 2. The molecule has 0 aliphatic heterocycles. The van der Waals surface area contributed by atoms with Crippen molar-refractivity contribution in [1.82, 2.24) is 9.55 Å². The van der Waals surface area contributed by atoms with Crippen LogP contribution in [0.3, 0.4) is 0 Å². The van der Waals surface area contributed by atoms with Crippen molar-refractivity contribution in [3.63, 3.8) is 0 Å². The average molecular weight is 418 g/mol. The van der Waals surface area contributed by atoms with Gasteiger partial charge in [-0.15, -0.1) is 11.3 Å². The molecule has 1 amide bonds. The highest BCUT2D eigenvalue weighted by molar-refractivity contribution is 7.22. The molecular weight excluding hydrogens is 394 g/mol. The zero-order valence-corrected chi connectivity index (χ0v) is 18.3. The van der Waals surface area contributed by atoms with Crippen LogP contribution in [-0.4, -0.2) is 15.5 Å². The van der Waals surface area contributed by atoms with Crippen molar-refractivity contribution in [2.24, 2.45) is 0 Å². The summed E-state index contributed by atoms with van der Waals surface area (Å²) in [4.78, 5) is 32.0. The van der Waals surface area contributed by atoms with Crippen LogP contribution in [-0.2, 0) is 11.3 Å². The van der Waals surface area contributed by atoms with Gasteiger partial charge in [-0.3, -0.25) is 14.2 Å². The number of carbonyl (C=O) groups excluding carboxylic acids is 1. The fourth-order valence-electron chi connectivity index (χ4n) is 3.85. The molecule has 0 saturated heterocycles. The smallest absolute Gasteiger partial charge is 0.262 e. The van der Waals surface area contributed by atoms with Crippen LogP contribution in [0.4, 0.5) is 5.69 Å². The number of nitrogens with one attached hydrogen (secondary N) is 1. The molecule has 0 saturated carbocycles. The molecule has 0 spiro atoms. The van der Waals surface area contributed by atoms with Crippen LogP contribution in [0.2, 0.25) is 0 Å². The molecule has 152 valence electrons. The Kier molecular flexibility index (Phi) is 5.26. The van der Waals surface area contributed by atoms with Gasteiger partial charge < -0.3 is 5.32 Å². The number of benzene rings is 2. The first-order chi connectivity index (χ1) is 14.3. The average Bonchev–Trinajstić information content (AvgIpc) is 3.05. The van der Waals surface area contributed by atoms with Crippen LogP contribution < -0.4 is 10.9 Å². The summed E-state index contributed by atoms with van der Waals surface area (Å²) in [6.07, 6.45) is 1.46. The van der Waals surface area contributed by atoms with E-state index in [9.17, 15) is 9.59 Å². The Bertz CT molecular complexity index is 1300. The zero-order valence-electron chi connectivity index (χ0n) is 17.4. The van der Waals surface area contributed by atoms with E-state index in [1.807, 2.05) is 70.2 Å². The van der Waals surface area contributed by atoms with Crippen LogP contribution in [0.25, 0.3) is 20.7 Å². The maximum atomic E-state index is 13.1. The van der Waals surface area contributed by atoms with Crippen molar-refractivity contribution in [2.75, 3.05) is 5.32 Å². The molecule has 0 bridgehead atoms. The van der Waals surface area contributed by atoms with Crippen LogP contribution in [0, 0.1) is 27.7 Å². The van der Waals surface area contributed by atoms with E-state index in [2.05, 4.69) is 10.3 Å². The Hall–Kier alpha value is -3.25. The Labute approximate surface area is 179 Å². The summed E-state index contributed by atoms with van der Waals surface area (Å²) >= 11 is 1.50. The first kappa shape index (κ1) is 20.0. The Balaban J connectivity index is 1.66. The number of thiophene rings is 1. The third kappa shape index (κ3) is 3.66. The van der Waals surface area contributed by atoms with Gasteiger partial charge in [-0.25, -0.2) is 4.98 Å². The summed E-state index contributed by atoms with van der Waals surface area (Å²) in [6.45, 7) is 7.82.